The summed E-state index contributed by atoms with van der Waals surface area (Å²) in [6, 6.07) is 20.1. The van der Waals surface area contributed by atoms with E-state index in [0.29, 0.717) is 32.6 Å². The lowest BCUT2D eigenvalue weighted by atomic mass is 10.0. The van der Waals surface area contributed by atoms with E-state index in [-0.39, 0.29) is 40.9 Å². The van der Waals surface area contributed by atoms with Gasteiger partial charge in [-0.05, 0) is 73.2 Å². The first-order chi connectivity index (χ1) is 22.2. The number of nitrogens with zero attached hydrogens (tertiary/aromatic N) is 1. The van der Waals surface area contributed by atoms with Crippen LogP contribution in [0.3, 0.4) is 0 Å². The third kappa shape index (κ3) is 7.00. The third-order valence-corrected chi connectivity index (χ3v) is 6.96. The molecular formula is C34H27ClFN3O7. The number of fused-ring (bicyclic) bond motifs is 1. The number of ether oxygens (including phenoxy) is 4. The SMILES string of the molecule is CCOc1cc(C=NNC(=O)c2[nH]c3ccc(F)cc3c2-c2ccccc2Cl)ccc1OC(=O)c1ccc(OC(C)=O)c(OC)c1. The number of carbonyl (C=O) groups is 3. The molecule has 0 saturated carbocycles. The molecule has 0 bridgehead atoms. The molecule has 0 atom stereocenters. The zero-order valence-electron chi connectivity index (χ0n) is 24.9. The summed E-state index contributed by atoms with van der Waals surface area (Å²) in [5.41, 5.74) is 4.88. The third-order valence-electron chi connectivity index (χ3n) is 6.63. The molecule has 0 radical (unpaired) electrons. The molecule has 1 heterocycles. The average molecular weight is 644 g/mol. The van der Waals surface area contributed by atoms with Crippen molar-refractivity contribution < 1.29 is 37.7 Å². The quantitative estimate of drug-likeness (QED) is 0.0730. The van der Waals surface area contributed by atoms with Crippen LogP contribution in [0.4, 0.5) is 4.39 Å². The Balaban J connectivity index is 1.35. The molecule has 1 aromatic heterocycles. The summed E-state index contributed by atoms with van der Waals surface area (Å²) in [6.45, 7) is 3.30. The lowest BCUT2D eigenvalue weighted by Crippen LogP contribution is -2.19. The van der Waals surface area contributed by atoms with Crippen molar-refractivity contribution in [3.63, 3.8) is 0 Å². The number of methoxy groups -OCH3 is 1. The maximum Gasteiger partial charge on any atom is 0.343 e. The maximum atomic E-state index is 14.2. The van der Waals surface area contributed by atoms with Crippen LogP contribution in [0.1, 0.15) is 40.3 Å². The van der Waals surface area contributed by atoms with Gasteiger partial charge in [-0.3, -0.25) is 9.59 Å². The summed E-state index contributed by atoms with van der Waals surface area (Å²) in [5.74, 6) is -1.52. The van der Waals surface area contributed by atoms with Crippen LogP contribution in [0.15, 0.2) is 84.0 Å². The Bertz CT molecular complexity index is 1990. The molecule has 46 heavy (non-hydrogen) atoms. The van der Waals surface area contributed by atoms with E-state index in [1.54, 1.807) is 49.4 Å². The van der Waals surface area contributed by atoms with Gasteiger partial charge in [0.05, 0.1) is 25.5 Å². The van der Waals surface area contributed by atoms with Gasteiger partial charge in [-0.1, -0.05) is 29.8 Å². The zero-order chi connectivity index (χ0) is 32.8. The number of hydrazone groups is 1. The van der Waals surface area contributed by atoms with Gasteiger partial charge in [-0.15, -0.1) is 0 Å². The van der Waals surface area contributed by atoms with E-state index >= 15 is 0 Å². The molecule has 4 aromatic carbocycles. The Morgan fingerprint density at radius 3 is 2.43 bits per heavy atom. The van der Waals surface area contributed by atoms with Gasteiger partial charge in [0, 0.05) is 34.0 Å². The second kappa shape index (κ2) is 14.0. The Morgan fingerprint density at radius 1 is 0.935 bits per heavy atom. The molecule has 12 heteroatoms. The molecule has 0 unspecified atom stereocenters. The number of rotatable bonds is 10. The van der Waals surface area contributed by atoms with Crippen molar-refractivity contribution in [2.24, 2.45) is 5.10 Å². The van der Waals surface area contributed by atoms with Gasteiger partial charge in [0.15, 0.2) is 23.0 Å². The van der Waals surface area contributed by atoms with Gasteiger partial charge in [-0.25, -0.2) is 14.6 Å². The number of amides is 1. The number of benzene rings is 4. The van der Waals surface area contributed by atoms with E-state index in [9.17, 15) is 18.8 Å². The molecule has 0 aliphatic heterocycles. The molecule has 5 rings (SSSR count). The number of hydrogen-bond donors (Lipinski definition) is 2. The number of halogens is 2. The summed E-state index contributed by atoms with van der Waals surface area (Å²) in [7, 11) is 1.38. The minimum absolute atomic E-state index is 0.144. The summed E-state index contributed by atoms with van der Waals surface area (Å²) < 4.78 is 35.7. The molecule has 0 aliphatic rings. The first-order valence-corrected chi connectivity index (χ1v) is 14.3. The molecule has 0 saturated heterocycles. The summed E-state index contributed by atoms with van der Waals surface area (Å²) in [4.78, 5) is 40.6. The van der Waals surface area contributed by atoms with Gasteiger partial charge >= 0.3 is 11.9 Å². The number of H-pyrrole nitrogens is 1. The Morgan fingerprint density at radius 2 is 1.70 bits per heavy atom. The van der Waals surface area contributed by atoms with Crippen LogP contribution in [0.5, 0.6) is 23.0 Å². The molecule has 0 spiro atoms. The first-order valence-electron chi connectivity index (χ1n) is 13.9. The van der Waals surface area contributed by atoms with Gasteiger partial charge in [0.1, 0.15) is 11.5 Å². The fraction of sp³-hybridized carbons (Fsp3) is 0.118. The van der Waals surface area contributed by atoms with Crippen LogP contribution < -0.4 is 24.4 Å². The van der Waals surface area contributed by atoms with Crippen LogP contribution in [-0.4, -0.2) is 42.8 Å². The minimum Gasteiger partial charge on any atom is -0.493 e. The van der Waals surface area contributed by atoms with Crippen LogP contribution in [0, 0.1) is 5.82 Å². The maximum absolute atomic E-state index is 14.2. The van der Waals surface area contributed by atoms with Crippen LogP contribution in [0.2, 0.25) is 5.02 Å². The topological polar surface area (TPSA) is 128 Å². The number of hydrogen-bond acceptors (Lipinski definition) is 8. The lowest BCUT2D eigenvalue weighted by Gasteiger charge is -2.13. The average Bonchev–Trinajstić information content (AvgIpc) is 3.41. The number of nitrogens with one attached hydrogen (secondary N) is 2. The van der Waals surface area contributed by atoms with Gasteiger partial charge in [-0.2, -0.15) is 5.10 Å². The number of carbonyl (C=O) groups excluding carboxylic acids is 3. The smallest absolute Gasteiger partial charge is 0.343 e. The van der Waals surface area contributed by atoms with E-state index < -0.39 is 23.7 Å². The highest BCUT2D eigenvalue weighted by Crippen LogP contribution is 2.37. The monoisotopic (exact) mass is 643 g/mol. The lowest BCUT2D eigenvalue weighted by molar-refractivity contribution is -0.132. The van der Waals surface area contributed by atoms with E-state index in [1.807, 2.05) is 0 Å². The number of aromatic nitrogens is 1. The molecular weight excluding hydrogens is 617 g/mol. The second-order valence-corrected chi connectivity index (χ2v) is 10.1. The predicted octanol–water partition coefficient (Wildman–Crippen LogP) is 6.94. The van der Waals surface area contributed by atoms with E-state index in [2.05, 4.69) is 15.5 Å². The van der Waals surface area contributed by atoms with Crippen molar-refractivity contribution in [1.29, 1.82) is 0 Å². The van der Waals surface area contributed by atoms with E-state index in [1.165, 1.54) is 56.6 Å². The fourth-order valence-corrected chi connectivity index (χ4v) is 4.88. The Labute approximate surface area is 267 Å². The van der Waals surface area contributed by atoms with Gasteiger partial charge in [0.25, 0.3) is 5.91 Å². The molecule has 1 amide bonds. The largest absolute Gasteiger partial charge is 0.493 e. The first kappa shape index (κ1) is 31.7. The summed E-state index contributed by atoms with van der Waals surface area (Å²) >= 11 is 6.44. The fourth-order valence-electron chi connectivity index (χ4n) is 4.65. The molecule has 5 aromatic rings. The van der Waals surface area contributed by atoms with Crippen LogP contribution >= 0.6 is 11.6 Å². The van der Waals surface area contributed by atoms with Crippen molar-refractivity contribution in [1.82, 2.24) is 10.4 Å². The van der Waals surface area contributed by atoms with Crippen LogP contribution in [-0.2, 0) is 4.79 Å². The van der Waals surface area contributed by atoms with E-state index in [4.69, 9.17) is 30.5 Å². The molecule has 234 valence electrons. The van der Waals surface area contributed by atoms with Crippen molar-refractivity contribution in [2.75, 3.05) is 13.7 Å². The molecule has 0 fully saturated rings. The van der Waals surface area contributed by atoms with Crippen molar-refractivity contribution in [2.45, 2.75) is 13.8 Å². The summed E-state index contributed by atoms with van der Waals surface area (Å²) in [5, 5.41) is 4.97. The highest BCUT2D eigenvalue weighted by molar-refractivity contribution is 6.34. The Kier molecular flexibility index (Phi) is 9.63. The van der Waals surface area contributed by atoms with Gasteiger partial charge < -0.3 is 23.9 Å². The van der Waals surface area contributed by atoms with E-state index in [0.717, 1.165) is 0 Å². The normalized spacial score (nSPS) is 11.0. The summed E-state index contributed by atoms with van der Waals surface area (Å²) in [6.07, 6.45) is 1.39. The molecule has 10 nitrogen and oxygen atoms in total. The number of aromatic amines is 1. The van der Waals surface area contributed by atoms with Crippen molar-refractivity contribution in [3.8, 4) is 34.1 Å². The second-order valence-electron chi connectivity index (χ2n) is 9.73. The number of esters is 2. The predicted molar refractivity (Wildman–Crippen MR) is 171 cm³/mol. The Hall–Kier alpha value is -5.68. The van der Waals surface area contributed by atoms with Crippen molar-refractivity contribution >= 4 is 46.6 Å². The zero-order valence-corrected chi connectivity index (χ0v) is 25.6. The highest BCUT2D eigenvalue weighted by Gasteiger charge is 2.21. The molecule has 2 N–H and O–H groups in total. The van der Waals surface area contributed by atoms with Gasteiger partial charge in [0.2, 0.25) is 0 Å². The standard InChI is InChI=1S/C34H27ClFN3O7/c1-4-44-30-15-20(9-13-28(30)46-34(42)21-10-14-27(45-19(2)40)29(16-21)43-3)18-37-39-33(41)32-31(23-7-5-6-8-25(23)35)24-17-22(36)11-12-26(24)38-32/h5-18,38H,4H2,1-3H3,(H,39,41). The molecule has 0 aliphatic carbocycles. The minimum atomic E-state index is -0.699. The van der Waals surface area contributed by atoms with Crippen molar-refractivity contribution in [3.05, 3.63) is 107 Å². The highest BCUT2D eigenvalue weighted by atomic mass is 35.5. The van der Waals surface area contributed by atoms with Crippen LogP contribution in [0.25, 0.3) is 22.0 Å².